The van der Waals surface area contributed by atoms with Crippen LogP contribution in [-0.4, -0.2) is 50.8 Å². The third kappa shape index (κ3) is 4.01. The van der Waals surface area contributed by atoms with E-state index < -0.39 is 0 Å². The molecule has 2 aromatic rings. The molecular weight excluding hydrogens is 264 g/mol. The van der Waals surface area contributed by atoms with Crippen LogP contribution in [0.5, 0.6) is 0 Å². The number of aromatic nitrogens is 4. The molecule has 0 unspecified atom stereocenters. The van der Waals surface area contributed by atoms with Gasteiger partial charge in [-0.25, -0.2) is 9.67 Å². The van der Waals surface area contributed by atoms with E-state index in [0.29, 0.717) is 0 Å². The molecule has 0 bridgehead atoms. The number of rotatable bonds is 7. The van der Waals surface area contributed by atoms with Crippen molar-refractivity contribution in [3.05, 3.63) is 29.8 Å². The lowest BCUT2D eigenvalue weighted by molar-refractivity contribution is 0.316. The molecule has 2 heterocycles. The molecule has 6 heteroatoms. The summed E-state index contributed by atoms with van der Waals surface area (Å²) >= 11 is 0. The minimum atomic E-state index is 0.744. The lowest BCUT2D eigenvalue weighted by atomic mass is 10.4. The maximum atomic E-state index is 4.57. The summed E-state index contributed by atoms with van der Waals surface area (Å²) in [6.07, 6.45) is 3.48. The van der Waals surface area contributed by atoms with Crippen LogP contribution in [0.15, 0.2) is 18.5 Å². The van der Waals surface area contributed by atoms with E-state index >= 15 is 0 Å². The summed E-state index contributed by atoms with van der Waals surface area (Å²) in [5.74, 6) is 1.53. The monoisotopic (exact) mass is 288 g/mol. The van der Waals surface area contributed by atoms with E-state index in [4.69, 9.17) is 0 Å². The van der Waals surface area contributed by atoms with Gasteiger partial charge in [-0.1, -0.05) is 13.8 Å². The number of nitrogens with one attached hydrogen (secondary N) is 1. The molecule has 0 aliphatic heterocycles. The minimum absolute atomic E-state index is 0.744. The summed E-state index contributed by atoms with van der Waals surface area (Å²) in [4.78, 5) is 11.2. The van der Waals surface area contributed by atoms with E-state index in [1.165, 1.54) is 0 Å². The number of nitrogens with zero attached hydrogens (tertiary/aromatic N) is 5. The summed E-state index contributed by atoms with van der Waals surface area (Å²) in [6, 6.07) is 2.03. The minimum Gasteiger partial charge on any atom is -0.367 e. The number of aryl methyl sites for hydroxylation is 2. The molecule has 1 N–H and O–H groups in total. The second-order valence-corrected chi connectivity index (χ2v) is 5.06. The van der Waals surface area contributed by atoms with Crippen molar-refractivity contribution < 1.29 is 0 Å². The first-order chi connectivity index (χ1) is 10.1. The molecule has 0 radical (unpaired) electrons. The average molecular weight is 288 g/mol. The first-order valence-electron chi connectivity index (χ1n) is 7.46. The lowest BCUT2D eigenvalue weighted by Crippen LogP contribution is -2.28. The smallest absolute Gasteiger partial charge is 0.174 e. The molecule has 0 saturated heterocycles. The second-order valence-electron chi connectivity index (χ2n) is 5.06. The molecule has 6 nitrogen and oxygen atoms in total. The second kappa shape index (κ2) is 7.17. The van der Waals surface area contributed by atoms with Crippen molar-refractivity contribution in [1.29, 1.82) is 0 Å². The average Bonchev–Trinajstić information content (AvgIpc) is 2.83. The molecule has 0 atom stereocenters. The highest BCUT2D eigenvalue weighted by Crippen LogP contribution is 2.10. The van der Waals surface area contributed by atoms with Crippen molar-refractivity contribution in [2.24, 2.45) is 0 Å². The van der Waals surface area contributed by atoms with Crippen molar-refractivity contribution in [2.75, 3.05) is 31.5 Å². The highest BCUT2D eigenvalue weighted by atomic mass is 15.3. The quantitative estimate of drug-likeness (QED) is 0.845. The predicted molar refractivity (Wildman–Crippen MR) is 84.9 cm³/mol. The molecule has 2 rings (SSSR count). The van der Waals surface area contributed by atoms with E-state index in [1.54, 1.807) is 12.4 Å². The van der Waals surface area contributed by atoms with Gasteiger partial charge in [0.2, 0.25) is 0 Å². The topological polar surface area (TPSA) is 58.9 Å². The maximum absolute atomic E-state index is 4.57. The van der Waals surface area contributed by atoms with Crippen LogP contribution in [0, 0.1) is 13.8 Å². The molecule has 0 spiro atoms. The Morgan fingerprint density at radius 2 is 1.95 bits per heavy atom. The Balaban J connectivity index is 2.03. The Labute approximate surface area is 126 Å². The van der Waals surface area contributed by atoms with Crippen molar-refractivity contribution in [2.45, 2.75) is 27.7 Å². The van der Waals surface area contributed by atoms with Gasteiger partial charge in [0.15, 0.2) is 5.82 Å². The fourth-order valence-corrected chi connectivity index (χ4v) is 2.29. The third-order valence-electron chi connectivity index (χ3n) is 3.48. The fourth-order valence-electron chi connectivity index (χ4n) is 2.29. The summed E-state index contributed by atoms with van der Waals surface area (Å²) < 4.78 is 1.82. The molecule has 2 aromatic heterocycles. The van der Waals surface area contributed by atoms with Gasteiger partial charge in [-0.05, 0) is 33.0 Å². The first kappa shape index (κ1) is 15.4. The SMILES string of the molecule is CCN(CC)CCNc1cncc(-n2nc(C)cc2C)n1. The van der Waals surface area contributed by atoms with E-state index in [1.807, 2.05) is 24.6 Å². The Morgan fingerprint density at radius 3 is 2.57 bits per heavy atom. The number of likely N-dealkylation sites (N-methyl/N-ethyl adjacent to an activating group) is 1. The third-order valence-corrected chi connectivity index (χ3v) is 3.48. The number of anilines is 1. The molecule has 0 fully saturated rings. The van der Waals surface area contributed by atoms with E-state index in [-0.39, 0.29) is 0 Å². The summed E-state index contributed by atoms with van der Waals surface area (Å²) in [7, 11) is 0. The van der Waals surface area contributed by atoms with Gasteiger partial charge < -0.3 is 10.2 Å². The molecule has 0 saturated carbocycles. The van der Waals surface area contributed by atoms with Crippen LogP contribution in [-0.2, 0) is 0 Å². The fraction of sp³-hybridized carbons (Fsp3) is 0.533. The molecule has 0 aliphatic rings. The Bertz CT molecular complexity index is 573. The first-order valence-corrected chi connectivity index (χ1v) is 7.46. The highest BCUT2D eigenvalue weighted by Gasteiger charge is 2.06. The summed E-state index contributed by atoms with van der Waals surface area (Å²) in [5.41, 5.74) is 2.04. The van der Waals surface area contributed by atoms with Crippen molar-refractivity contribution >= 4 is 5.82 Å². The van der Waals surface area contributed by atoms with Gasteiger partial charge in [0.1, 0.15) is 5.82 Å². The van der Waals surface area contributed by atoms with E-state index in [9.17, 15) is 0 Å². The normalized spacial score (nSPS) is 11.1. The molecule has 0 aromatic carbocycles. The Hall–Kier alpha value is -1.95. The van der Waals surface area contributed by atoms with Gasteiger partial charge in [-0.3, -0.25) is 4.98 Å². The summed E-state index contributed by atoms with van der Waals surface area (Å²) in [5, 5.41) is 7.76. The van der Waals surface area contributed by atoms with Gasteiger partial charge in [0.25, 0.3) is 0 Å². The zero-order valence-electron chi connectivity index (χ0n) is 13.3. The molecule has 21 heavy (non-hydrogen) atoms. The van der Waals surface area contributed by atoms with Crippen molar-refractivity contribution in [3.8, 4) is 5.82 Å². The van der Waals surface area contributed by atoms with E-state index in [0.717, 1.165) is 49.2 Å². The standard InChI is InChI=1S/C15H24N6/c1-5-20(6-2)8-7-17-14-10-16-11-15(18-14)21-13(4)9-12(3)19-21/h9-11H,5-8H2,1-4H3,(H,17,18). The van der Waals surface area contributed by atoms with Crippen LogP contribution >= 0.6 is 0 Å². The van der Waals surface area contributed by atoms with Gasteiger partial charge in [-0.2, -0.15) is 5.10 Å². The van der Waals surface area contributed by atoms with Gasteiger partial charge in [0, 0.05) is 18.8 Å². The number of hydrogen-bond acceptors (Lipinski definition) is 5. The molecule has 0 aliphatic carbocycles. The summed E-state index contributed by atoms with van der Waals surface area (Å²) in [6.45, 7) is 12.3. The maximum Gasteiger partial charge on any atom is 0.174 e. The van der Waals surface area contributed by atoms with Crippen LogP contribution in [0.3, 0.4) is 0 Å². The van der Waals surface area contributed by atoms with Crippen molar-refractivity contribution in [3.63, 3.8) is 0 Å². The van der Waals surface area contributed by atoms with Gasteiger partial charge in [-0.15, -0.1) is 0 Å². The number of hydrogen-bond donors (Lipinski definition) is 1. The van der Waals surface area contributed by atoms with Crippen LogP contribution in [0.25, 0.3) is 5.82 Å². The van der Waals surface area contributed by atoms with Crippen LogP contribution in [0.2, 0.25) is 0 Å². The Kier molecular flexibility index (Phi) is 5.27. The molecule has 114 valence electrons. The van der Waals surface area contributed by atoms with Crippen LogP contribution in [0.1, 0.15) is 25.2 Å². The molecular formula is C15H24N6. The van der Waals surface area contributed by atoms with E-state index in [2.05, 4.69) is 39.1 Å². The van der Waals surface area contributed by atoms with Crippen LogP contribution in [0.4, 0.5) is 5.82 Å². The largest absolute Gasteiger partial charge is 0.367 e. The Morgan fingerprint density at radius 1 is 1.19 bits per heavy atom. The molecule has 0 amide bonds. The van der Waals surface area contributed by atoms with Crippen molar-refractivity contribution in [1.82, 2.24) is 24.6 Å². The zero-order valence-corrected chi connectivity index (χ0v) is 13.3. The lowest BCUT2D eigenvalue weighted by Gasteiger charge is -2.18. The predicted octanol–water partition coefficient (Wildman–Crippen LogP) is 2.03. The van der Waals surface area contributed by atoms with Gasteiger partial charge >= 0.3 is 0 Å². The van der Waals surface area contributed by atoms with Crippen LogP contribution < -0.4 is 5.32 Å². The van der Waals surface area contributed by atoms with Gasteiger partial charge in [0.05, 0.1) is 18.1 Å². The highest BCUT2D eigenvalue weighted by molar-refractivity contribution is 5.36. The zero-order chi connectivity index (χ0) is 15.2.